The van der Waals surface area contributed by atoms with Crippen molar-refractivity contribution in [1.29, 1.82) is 0 Å². The quantitative estimate of drug-likeness (QED) is 0.736. The Morgan fingerprint density at radius 3 is 2.53 bits per heavy atom. The second-order valence-corrected chi connectivity index (χ2v) is 5.69. The van der Waals surface area contributed by atoms with Gasteiger partial charge in [0.25, 0.3) is 0 Å². The molecule has 19 heavy (non-hydrogen) atoms. The maximum absolute atomic E-state index is 4.72. The minimum Gasteiger partial charge on any atom is -0.313 e. The molecule has 1 aromatic rings. The number of nitrogens with one attached hydrogen (secondary N) is 1. The molecule has 0 aliphatic rings. The molecule has 3 nitrogen and oxygen atoms in total. The van der Waals surface area contributed by atoms with Crippen molar-refractivity contribution in [3.8, 4) is 0 Å². The molecule has 0 amide bonds. The molecule has 1 N–H and O–H groups in total. The molecule has 3 heteroatoms. The van der Waals surface area contributed by atoms with Crippen molar-refractivity contribution in [3.63, 3.8) is 0 Å². The van der Waals surface area contributed by atoms with Gasteiger partial charge in [0, 0.05) is 24.7 Å². The van der Waals surface area contributed by atoms with Crippen LogP contribution in [0.15, 0.2) is 12.3 Å². The highest BCUT2D eigenvalue weighted by Crippen LogP contribution is 2.15. The van der Waals surface area contributed by atoms with E-state index < -0.39 is 0 Å². The van der Waals surface area contributed by atoms with E-state index in [1.165, 1.54) is 18.5 Å². The fourth-order valence-electron chi connectivity index (χ4n) is 2.23. The summed E-state index contributed by atoms with van der Waals surface area (Å²) >= 11 is 0. The third kappa shape index (κ3) is 4.98. The van der Waals surface area contributed by atoms with E-state index in [1.807, 2.05) is 0 Å². The van der Waals surface area contributed by atoms with Gasteiger partial charge in [-0.25, -0.2) is 0 Å². The first kappa shape index (κ1) is 16.2. The van der Waals surface area contributed by atoms with Gasteiger partial charge in [-0.15, -0.1) is 0 Å². The number of hydrogen-bond donors (Lipinski definition) is 1. The first-order valence-electron chi connectivity index (χ1n) is 7.89. The molecule has 0 spiro atoms. The maximum Gasteiger partial charge on any atom is 0.0640 e. The Kier molecular flexibility index (Phi) is 7.14. The zero-order chi connectivity index (χ0) is 14.3. The molecule has 0 saturated carbocycles. The SMILES string of the molecule is CCCNC(Cc1ccn(C(C)CC)n1)C(C)CC. The largest absolute Gasteiger partial charge is 0.313 e. The Hall–Kier alpha value is -0.830. The van der Waals surface area contributed by atoms with Gasteiger partial charge in [0.2, 0.25) is 0 Å². The van der Waals surface area contributed by atoms with Crippen molar-refractivity contribution in [2.45, 2.75) is 72.4 Å². The minimum absolute atomic E-state index is 0.499. The highest BCUT2D eigenvalue weighted by atomic mass is 15.3. The van der Waals surface area contributed by atoms with Crippen LogP contribution in [0.3, 0.4) is 0 Å². The molecule has 1 rings (SSSR count). The van der Waals surface area contributed by atoms with Crippen molar-refractivity contribution in [1.82, 2.24) is 15.1 Å². The van der Waals surface area contributed by atoms with Gasteiger partial charge >= 0.3 is 0 Å². The summed E-state index contributed by atoms with van der Waals surface area (Å²) in [6.07, 6.45) is 6.70. The van der Waals surface area contributed by atoms with Crippen LogP contribution >= 0.6 is 0 Å². The van der Waals surface area contributed by atoms with Crippen LogP contribution in [0.5, 0.6) is 0 Å². The fourth-order valence-corrected chi connectivity index (χ4v) is 2.23. The molecular weight excluding hydrogens is 234 g/mol. The summed E-state index contributed by atoms with van der Waals surface area (Å²) in [5.74, 6) is 0.695. The summed E-state index contributed by atoms with van der Waals surface area (Å²) in [5, 5.41) is 8.39. The molecule has 1 aromatic heterocycles. The van der Waals surface area contributed by atoms with E-state index in [9.17, 15) is 0 Å². The van der Waals surface area contributed by atoms with Crippen LogP contribution in [-0.2, 0) is 6.42 Å². The lowest BCUT2D eigenvalue weighted by molar-refractivity contribution is 0.360. The molecule has 0 aliphatic heterocycles. The highest BCUT2D eigenvalue weighted by Gasteiger charge is 2.17. The molecule has 0 bridgehead atoms. The zero-order valence-electron chi connectivity index (χ0n) is 13.3. The molecular formula is C16H31N3. The molecule has 0 aromatic carbocycles. The molecule has 110 valence electrons. The van der Waals surface area contributed by atoms with Crippen molar-refractivity contribution in [2.24, 2.45) is 5.92 Å². The minimum atomic E-state index is 0.499. The van der Waals surface area contributed by atoms with Crippen molar-refractivity contribution in [3.05, 3.63) is 18.0 Å². The smallest absolute Gasteiger partial charge is 0.0640 e. The third-order valence-electron chi connectivity index (χ3n) is 4.12. The second kappa shape index (κ2) is 8.36. The second-order valence-electron chi connectivity index (χ2n) is 5.69. The topological polar surface area (TPSA) is 29.9 Å². The van der Waals surface area contributed by atoms with E-state index in [2.05, 4.69) is 56.9 Å². The predicted molar refractivity (Wildman–Crippen MR) is 82.5 cm³/mol. The highest BCUT2D eigenvalue weighted by molar-refractivity contribution is 5.03. The average Bonchev–Trinajstić information content (AvgIpc) is 2.90. The first-order valence-corrected chi connectivity index (χ1v) is 7.89. The van der Waals surface area contributed by atoms with E-state index in [1.54, 1.807) is 0 Å². The number of aromatic nitrogens is 2. The summed E-state index contributed by atoms with van der Waals surface area (Å²) in [6, 6.07) is 3.22. The Morgan fingerprint density at radius 2 is 1.95 bits per heavy atom. The monoisotopic (exact) mass is 265 g/mol. The summed E-state index contributed by atoms with van der Waals surface area (Å²) in [6.45, 7) is 12.3. The summed E-state index contributed by atoms with van der Waals surface area (Å²) in [7, 11) is 0. The van der Waals surface area contributed by atoms with Gasteiger partial charge in [0.05, 0.1) is 5.69 Å². The van der Waals surface area contributed by atoms with Crippen LogP contribution in [0.4, 0.5) is 0 Å². The Labute approximate surface area is 118 Å². The van der Waals surface area contributed by atoms with Crippen LogP contribution < -0.4 is 5.32 Å². The maximum atomic E-state index is 4.72. The molecule has 3 atom stereocenters. The molecule has 0 fully saturated rings. The predicted octanol–water partition coefficient (Wildman–Crippen LogP) is 3.81. The number of rotatable bonds is 9. The van der Waals surface area contributed by atoms with E-state index >= 15 is 0 Å². The standard InChI is InChI=1S/C16H31N3/c1-6-10-17-16(13(4)7-2)12-15-9-11-19(18-15)14(5)8-3/h9,11,13-14,16-17H,6-8,10,12H2,1-5H3. The Bertz CT molecular complexity index is 346. The van der Waals surface area contributed by atoms with E-state index in [0.717, 1.165) is 19.4 Å². The van der Waals surface area contributed by atoms with Crippen molar-refractivity contribution in [2.75, 3.05) is 6.54 Å². The number of hydrogen-bond acceptors (Lipinski definition) is 2. The summed E-state index contributed by atoms with van der Waals surface area (Å²) in [4.78, 5) is 0. The van der Waals surface area contributed by atoms with Gasteiger partial charge in [-0.3, -0.25) is 4.68 Å². The van der Waals surface area contributed by atoms with Gasteiger partial charge in [0.15, 0.2) is 0 Å². The molecule has 0 aliphatic carbocycles. The van der Waals surface area contributed by atoms with E-state index in [-0.39, 0.29) is 0 Å². The van der Waals surface area contributed by atoms with E-state index in [0.29, 0.717) is 18.0 Å². The fraction of sp³-hybridized carbons (Fsp3) is 0.812. The van der Waals surface area contributed by atoms with Crippen LogP contribution in [-0.4, -0.2) is 22.4 Å². The van der Waals surface area contributed by atoms with Gasteiger partial charge < -0.3 is 5.32 Å². The van der Waals surface area contributed by atoms with Crippen molar-refractivity contribution >= 4 is 0 Å². The molecule has 0 radical (unpaired) electrons. The first-order chi connectivity index (χ1) is 9.12. The van der Waals surface area contributed by atoms with E-state index in [4.69, 9.17) is 5.10 Å². The lowest BCUT2D eigenvalue weighted by Crippen LogP contribution is -2.37. The van der Waals surface area contributed by atoms with Gasteiger partial charge in [-0.05, 0) is 38.3 Å². The van der Waals surface area contributed by atoms with Gasteiger partial charge in [-0.2, -0.15) is 5.10 Å². The summed E-state index contributed by atoms with van der Waals surface area (Å²) in [5.41, 5.74) is 1.22. The normalized spacial score (nSPS) is 16.3. The van der Waals surface area contributed by atoms with Crippen LogP contribution in [0.25, 0.3) is 0 Å². The van der Waals surface area contributed by atoms with Crippen molar-refractivity contribution < 1.29 is 0 Å². The zero-order valence-corrected chi connectivity index (χ0v) is 13.3. The molecule has 0 saturated heterocycles. The van der Waals surface area contributed by atoms with Crippen LogP contribution in [0.2, 0.25) is 0 Å². The third-order valence-corrected chi connectivity index (χ3v) is 4.12. The lowest BCUT2D eigenvalue weighted by atomic mass is 9.95. The van der Waals surface area contributed by atoms with Gasteiger partial charge in [-0.1, -0.05) is 34.1 Å². The molecule has 3 unspecified atom stereocenters. The van der Waals surface area contributed by atoms with Crippen LogP contribution in [0, 0.1) is 5.92 Å². The Balaban J connectivity index is 2.64. The Morgan fingerprint density at radius 1 is 1.21 bits per heavy atom. The number of nitrogens with zero attached hydrogens (tertiary/aromatic N) is 2. The van der Waals surface area contributed by atoms with Gasteiger partial charge in [0.1, 0.15) is 0 Å². The average molecular weight is 265 g/mol. The molecule has 1 heterocycles. The lowest BCUT2D eigenvalue weighted by Gasteiger charge is -2.23. The van der Waals surface area contributed by atoms with Crippen LogP contribution in [0.1, 0.15) is 65.6 Å². The summed E-state index contributed by atoms with van der Waals surface area (Å²) < 4.78 is 2.10.